The topological polar surface area (TPSA) is 151 Å². The monoisotopic (exact) mass is 258 g/mol. The molecule has 0 atom stereocenters. The zero-order valence-electron chi connectivity index (χ0n) is 9.32. The van der Waals surface area contributed by atoms with Gasteiger partial charge in [-0.05, 0) is 0 Å². The molecule has 0 saturated heterocycles. The lowest BCUT2D eigenvalue weighted by Gasteiger charge is -2.00. The molecule has 18 heavy (non-hydrogen) atoms. The van der Waals surface area contributed by atoms with Crippen molar-refractivity contribution in [1.82, 2.24) is 9.78 Å². The highest BCUT2D eigenvalue weighted by Gasteiger charge is 2.35. The van der Waals surface area contributed by atoms with Gasteiger partial charge in [0.15, 0.2) is 0 Å². The summed E-state index contributed by atoms with van der Waals surface area (Å²) in [6, 6.07) is 0. The largest absolute Gasteiger partial charge is 0.464 e. The van der Waals surface area contributed by atoms with Gasteiger partial charge in [-0.3, -0.25) is 19.6 Å². The third-order valence-electron chi connectivity index (χ3n) is 2.03. The average Bonchev–Trinajstić information content (AvgIpc) is 2.68. The molecule has 0 radical (unpaired) electrons. The minimum atomic E-state index is -1.13. The number of carbonyl (C=O) groups is 2. The maximum absolute atomic E-state index is 11.3. The first-order valence-corrected chi connectivity index (χ1v) is 4.68. The molecule has 1 heterocycles. The summed E-state index contributed by atoms with van der Waals surface area (Å²) >= 11 is 0. The number of aliphatic hydroxyl groups excluding tert-OH is 1. The van der Waals surface area contributed by atoms with E-state index in [1.54, 1.807) is 0 Å². The van der Waals surface area contributed by atoms with Crippen LogP contribution < -0.4 is 5.73 Å². The Balaban J connectivity index is 3.53. The molecule has 0 fully saturated rings. The fourth-order valence-electron chi connectivity index (χ4n) is 1.36. The lowest BCUT2D eigenvalue weighted by atomic mass is 10.2. The van der Waals surface area contributed by atoms with Crippen LogP contribution in [0.25, 0.3) is 0 Å². The van der Waals surface area contributed by atoms with Crippen LogP contribution >= 0.6 is 0 Å². The van der Waals surface area contributed by atoms with Gasteiger partial charge in [0.2, 0.25) is 11.4 Å². The minimum absolute atomic E-state index is 0.212. The van der Waals surface area contributed by atoms with E-state index in [4.69, 9.17) is 10.8 Å². The molecule has 0 aliphatic heterocycles. The van der Waals surface area contributed by atoms with Crippen molar-refractivity contribution < 1.29 is 24.4 Å². The molecule has 98 valence electrons. The number of nitro groups is 1. The Morgan fingerprint density at radius 1 is 1.61 bits per heavy atom. The van der Waals surface area contributed by atoms with Gasteiger partial charge in [-0.1, -0.05) is 0 Å². The van der Waals surface area contributed by atoms with Crippen molar-refractivity contribution in [2.24, 2.45) is 5.73 Å². The van der Waals surface area contributed by atoms with Gasteiger partial charge in [-0.15, -0.1) is 0 Å². The first-order valence-electron chi connectivity index (χ1n) is 4.68. The van der Waals surface area contributed by atoms with E-state index in [0.29, 0.717) is 0 Å². The van der Waals surface area contributed by atoms with Crippen LogP contribution in [-0.2, 0) is 11.3 Å². The van der Waals surface area contributed by atoms with E-state index < -0.39 is 40.5 Å². The van der Waals surface area contributed by atoms with E-state index in [1.165, 1.54) is 0 Å². The number of nitrogens with zero attached hydrogens (tertiary/aromatic N) is 3. The van der Waals surface area contributed by atoms with Crippen molar-refractivity contribution in [2.45, 2.75) is 6.54 Å². The Bertz CT molecular complexity index is 508. The summed E-state index contributed by atoms with van der Waals surface area (Å²) in [5.41, 5.74) is 2.97. The molecule has 0 aliphatic rings. The molecular weight excluding hydrogens is 248 g/mol. The molecule has 0 aliphatic carbocycles. The lowest BCUT2D eigenvalue weighted by Crippen LogP contribution is -2.20. The van der Waals surface area contributed by atoms with Crippen LogP contribution in [0.3, 0.4) is 0 Å². The number of primary amides is 1. The molecule has 1 amide bonds. The highest BCUT2D eigenvalue weighted by atomic mass is 16.6. The van der Waals surface area contributed by atoms with E-state index in [1.807, 2.05) is 0 Å². The molecule has 3 N–H and O–H groups in total. The number of hydrogen-bond donors (Lipinski definition) is 2. The van der Waals surface area contributed by atoms with Gasteiger partial charge in [0.1, 0.15) is 0 Å². The zero-order chi connectivity index (χ0) is 13.9. The Hall–Kier alpha value is -2.49. The van der Waals surface area contributed by atoms with Gasteiger partial charge in [-0.25, -0.2) is 4.79 Å². The van der Waals surface area contributed by atoms with E-state index in [-0.39, 0.29) is 6.54 Å². The molecule has 0 aromatic carbocycles. The molecule has 0 unspecified atom stereocenters. The van der Waals surface area contributed by atoms with Gasteiger partial charge in [0, 0.05) is 0 Å². The number of rotatable bonds is 5. The van der Waals surface area contributed by atoms with Gasteiger partial charge in [0.25, 0.3) is 5.91 Å². The number of esters is 1. The standard InChI is InChI=1S/C8H10N4O6/c1-18-8(15)4-5(12(16)17)6(7(9)14)11(10-4)2-3-13/h13H,2-3H2,1H3,(H2,9,14). The van der Waals surface area contributed by atoms with Gasteiger partial charge in [0.05, 0.1) is 25.2 Å². The van der Waals surface area contributed by atoms with Crippen molar-refractivity contribution in [3.63, 3.8) is 0 Å². The highest BCUT2D eigenvalue weighted by molar-refractivity contribution is 6.01. The zero-order valence-corrected chi connectivity index (χ0v) is 9.32. The van der Waals surface area contributed by atoms with Crippen molar-refractivity contribution in [3.8, 4) is 0 Å². The fourth-order valence-corrected chi connectivity index (χ4v) is 1.36. The molecule has 0 bridgehead atoms. The normalized spacial score (nSPS) is 10.1. The Morgan fingerprint density at radius 3 is 2.61 bits per heavy atom. The molecule has 0 saturated carbocycles. The van der Waals surface area contributed by atoms with Crippen LogP contribution in [0, 0.1) is 10.1 Å². The quantitative estimate of drug-likeness (QED) is 0.377. The number of carbonyl (C=O) groups excluding carboxylic acids is 2. The highest BCUT2D eigenvalue weighted by Crippen LogP contribution is 2.23. The third kappa shape index (κ3) is 2.27. The summed E-state index contributed by atoms with van der Waals surface area (Å²) in [6.45, 7) is -0.643. The van der Waals surface area contributed by atoms with E-state index in [0.717, 1.165) is 11.8 Å². The summed E-state index contributed by atoms with van der Waals surface area (Å²) in [6.07, 6.45) is 0. The summed E-state index contributed by atoms with van der Waals surface area (Å²) in [5.74, 6) is -2.20. The Kier molecular flexibility index (Phi) is 3.94. The first kappa shape index (κ1) is 13.6. The number of nitrogens with two attached hydrogens (primary N) is 1. The Morgan fingerprint density at radius 2 is 2.22 bits per heavy atom. The number of hydrogen-bond acceptors (Lipinski definition) is 7. The van der Waals surface area contributed by atoms with Crippen LogP contribution in [0.5, 0.6) is 0 Å². The van der Waals surface area contributed by atoms with Crippen molar-refractivity contribution >= 4 is 17.6 Å². The molecular formula is C8H10N4O6. The number of aliphatic hydroxyl groups is 1. The van der Waals surface area contributed by atoms with Crippen molar-refractivity contribution in [1.29, 1.82) is 0 Å². The minimum Gasteiger partial charge on any atom is -0.464 e. The van der Waals surface area contributed by atoms with Crippen molar-refractivity contribution in [2.75, 3.05) is 13.7 Å². The van der Waals surface area contributed by atoms with E-state index in [9.17, 15) is 19.7 Å². The Labute approximate surface area is 100 Å². The predicted octanol–water partition coefficient (Wildman–Crippen LogP) is -1.33. The molecule has 1 rings (SSSR count). The molecule has 10 nitrogen and oxygen atoms in total. The van der Waals surface area contributed by atoms with Gasteiger partial charge < -0.3 is 15.6 Å². The second-order valence-corrected chi connectivity index (χ2v) is 3.11. The summed E-state index contributed by atoms with van der Waals surface area (Å²) < 4.78 is 5.12. The van der Waals surface area contributed by atoms with Gasteiger partial charge in [-0.2, -0.15) is 5.10 Å². The van der Waals surface area contributed by atoms with Crippen LogP contribution in [0.15, 0.2) is 0 Å². The number of aromatic nitrogens is 2. The van der Waals surface area contributed by atoms with E-state index in [2.05, 4.69) is 9.84 Å². The van der Waals surface area contributed by atoms with Crippen molar-refractivity contribution in [3.05, 3.63) is 21.5 Å². The van der Waals surface area contributed by atoms with Crippen LogP contribution in [0.4, 0.5) is 5.69 Å². The van der Waals surface area contributed by atoms with E-state index >= 15 is 0 Å². The average molecular weight is 258 g/mol. The summed E-state index contributed by atoms with van der Waals surface area (Å²) in [4.78, 5) is 32.4. The first-order chi connectivity index (χ1) is 8.43. The second-order valence-electron chi connectivity index (χ2n) is 3.11. The second kappa shape index (κ2) is 5.23. The SMILES string of the molecule is COC(=O)c1nn(CCO)c(C(N)=O)c1[N+](=O)[O-]. The van der Waals surface area contributed by atoms with Crippen LogP contribution in [-0.4, -0.2) is 45.4 Å². The molecule has 1 aromatic rings. The van der Waals surface area contributed by atoms with Gasteiger partial charge >= 0.3 is 11.7 Å². The molecule has 0 spiro atoms. The third-order valence-corrected chi connectivity index (χ3v) is 2.03. The lowest BCUT2D eigenvalue weighted by molar-refractivity contribution is -0.385. The summed E-state index contributed by atoms with van der Waals surface area (Å²) in [7, 11) is 1.01. The maximum Gasteiger partial charge on any atom is 0.365 e. The molecule has 10 heteroatoms. The number of ether oxygens (including phenoxy) is 1. The number of amides is 1. The van der Waals surface area contributed by atoms with Crippen LogP contribution in [0.1, 0.15) is 21.0 Å². The van der Waals surface area contributed by atoms with Crippen LogP contribution in [0.2, 0.25) is 0 Å². The maximum atomic E-state index is 11.3. The predicted molar refractivity (Wildman–Crippen MR) is 55.8 cm³/mol. The number of methoxy groups -OCH3 is 1. The molecule has 1 aromatic heterocycles. The smallest absolute Gasteiger partial charge is 0.365 e. The fraction of sp³-hybridized carbons (Fsp3) is 0.375. The summed E-state index contributed by atoms with van der Waals surface area (Å²) in [5, 5.41) is 23.2.